The van der Waals surface area contributed by atoms with Crippen LogP contribution < -0.4 is 19.1 Å². The predicted octanol–water partition coefficient (Wildman–Crippen LogP) is 3.95. The molecule has 3 rings (SSSR count). The van der Waals surface area contributed by atoms with Crippen LogP contribution in [0.3, 0.4) is 0 Å². The van der Waals surface area contributed by atoms with Crippen molar-refractivity contribution in [3.63, 3.8) is 0 Å². The first-order valence-electron chi connectivity index (χ1n) is 8.86. The highest BCUT2D eigenvalue weighted by atomic mass is 35.5. The SMILES string of the molecule is CS(=O)(=O)N(CCCC(=O)Nc1ccc2c(c1)OCCO2)c1cc(Cl)ccc1Cl. The molecule has 156 valence electrons. The second-order valence-electron chi connectivity index (χ2n) is 6.44. The molecule has 0 atom stereocenters. The zero-order valence-corrected chi connectivity index (χ0v) is 18.0. The monoisotopic (exact) mass is 458 g/mol. The highest BCUT2D eigenvalue weighted by molar-refractivity contribution is 7.92. The lowest BCUT2D eigenvalue weighted by atomic mass is 10.2. The van der Waals surface area contributed by atoms with E-state index in [9.17, 15) is 13.2 Å². The van der Waals surface area contributed by atoms with Gasteiger partial charge in [0.2, 0.25) is 15.9 Å². The fourth-order valence-electron chi connectivity index (χ4n) is 2.87. The molecule has 0 spiro atoms. The summed E-state index contributed by atoms with van der Waals surface area (Å²) < 4.78 is 36.5. The summed E-state index contributed by atoms with van der Waals surface area (Å²) in [5, 5.41) is 3.41. The Balaban J connectivity index is 1.61. The molecule has 1 aliphatic rings. The number of amides is 1. The van der Waals surface area contributed by atoms with Crippen LogP contribution in [0.25, 0.3) is 0 Å². The van der Waals surface area contributed by atoms with E-state index in [1.807, 2.05) is 0 Å². The molecule has 1 aliphatic heterocycles. The van der Waals surface area contributed by atoms with Crippen molar-refractivity contribution in [2.45, 2.75) is 12.8 Å². The van der Waals surface area contributed by atoms with Gasteiger partial charge in [-0.1, -0.05) is 23.2 Å². The van der Waals surface area contributed by atoms with Crippen LogP contribution in [-0.4, -0.2) is 40.3 Å². The molecule has 0 radical (unpaired) electrons. The average molecular weight is 459 g/mol. The minimum atomic E-state index is -3.60. The molecular formula is C19H20Cl2N2O5S. The number of rotatable bonds is 7. The van der Waals surface area contributed by atoms with Gasteiger partial charge in [0, 0.05) is 29.7 Å². The predicted molar refractivity (Wildman–Crippen MR) is 114 cm³/mol. The van der Waals surface area contributed by atoms with E-state index in [0.29, 0.717) is 41.8 Å². The smallest absolute Gasteiger partial charge is 0.232 e. The van der Waals surface area contributed by atoms with Crippen LogP contribution in [0.5, 0.6) is 11.5 Å². The van der Waals surface area contributed by atoms with Gasteiger partial charge in [-0.25, -0.2) is 8.42 Å². The number of hydrogen-bond donors (Lipinski definition) is 1. The molecule has 10 heteroatoms. The number of sulfonamides is 1. The maximum atomic E-state index is 12.3. The minimum absolute atomic E-state index is 0.0907. The van der Waals surface area contributed by atoms with Crippen molar-refractivity contribution in [1.29, 1.82) is 0 Å². The minimum Gasteiger partial charge on any atom is -0.486 e. The maximum absolute atomic E-state index is 12.3. The van der Waals surface area contributed by atoms with E-state index in [0.717, 1.165) is 10.6 Å². The summed E-state index contributed by atoms with van der Waals surface area (Å²) in [4.78, 5) is 12.3. The third kappa shape index (κ3) is 5.68. The second kappa shape index (κ2) is 9.11. The number of fused-ring (bicyclic) bond motifs is 1. The summed E-state index contributed by atoms with van der Waals surface area (Å²) in [7, 11) is -3.60. The number of halogens is 2. The van der Waals surface area contributed by atoms with Crippen LogP contribution in [0.2, 0.25) is 10.0 Å². The zero-order valence-electron chi connectivity index (χ0n) is 15.7. The Hall–Kier alpha value is -2.16. The van der Waals surface area contributed by atoms with Crippen molar-refractivity contribution in [3.05, 3.63) is 46.4 Å². The molecule has 0 bridgehead atoms. The summed E-state index contributed by atoms with van der Waals surface area (Å²) in [5.41, 5.74) is 0.867. The fourth-order valence-corrected chi connectivity index (χ4v) is 4.27. The molecular weight excluding hydrogens is 439 g/mol. The van der Waals surface area contributed by atoms with Crippen LogP contribution in [0.15, 0.2) is 36.4 Å². The van der Waals surface area contributed by atoms with Gasteiger partial charge in [0.15, 0.2) is 11.5 Å². The van der Waals surface area contributed by atoms with Crippen molar-refractivity contribution >= 4 is 50.5 Å². The summed E-state index contributed by atoms with van der Waals surface area (Å²) in [5.74, 6) is 0.969. The number of carbonyl (C=O) groups excluding carboxylic acids is 1. The van der Waals surface area contributed by atoms with E-state index >= 15 is 0 Å². The van der Waals surface area contributed by atoms with Crippen molar-refractivity contribution < 1.29 is 22.7 Å². The van der Waals surface area contributed by atoms with Crippen LogP contribution in [0.1, 0.15) is 12.8 Å². The van der Waals surface area contributed by atoms with Gasteiger partial charge in [0.1, 0.15) is 13.2 Å². The Morgan fingerprint density at radius 3 is 2.55 bits per heavy atom. The molecule has 1 N–H and O–H groups in total. The van der Waals surface area contributed by atoms with E-state index in [4.69, 9.17) is 32.7 Å². The molecule has 0 saturated heterocycles. The molecule has 0 unspecified atom stereocenters. The fraction of sp³-hybridized carbons (Fsp3) is 0.316. The molecule has 0 aromatic heterocycles. The Labute approximate surface area is 179 Å². The van der Waals surface area contributed by atoms with Crippen LogP contribution in [-0.2, 0) is 14.8 Å². The molecule has 7 nitrogen and oxygen atoms in total. The topological polar surface area (TPSA) is 84.9 Å². The van der Waals surface area contributed by atoms with Crippen LogP contribution in [0, 0.1) is 0 Å². The van der Waals surface area contributed by atoms with Gasteiger partial charge < -0.3 is 14.8 Å². The summed E-state index contributed by atoms with van der Waals surface area (Å²) >= 11 is 12.1. The maximum Gasteiger partial charge on any atom is 0.232 e. The Bertz CT molecular complexity index is 1010. The number of hydrogen-bond acceptors (Lipinski definition) is 5. The number of nitrogens with one attached hydrogen (secondary N) is 1. The van der Waals surface area contributed by atoms with Gasteiger partial charge in [0.25, 0.3) is 0 Å². The Morgan fingerprint density at radius 1 is 1.10 bits per heavy atom. The van der Waals surface area contributed by atoms with Crippen LogP contribution >= 0.6 is 23.2 Å². The molecule has 0 fully saturated rings. The van der Waals surface area contributed by atoms with Crippen molar-refractivity contribution in [2.75, 3.05) is 35.6 Å². The lowest BCUT2D eigenvalue weighted by Crippen LogP contribution is -2.31. The van der Waals surface area contributed by atoms with E-state index in [1.165, 1.54) is 12.1 Å². The molecule has 29 heavy (non-hydrogen) atoms. The Kier molecular flexibility index (Phi) is 6.77. The van der Waals surface area contributed by atoms with Crippen LogP contribution in [0.4, 0.5) is 11.4 Å². The first kappa shape index (κ1) is 21.5. The number of benzene rings is 2. The van der Waals surface area contributed by atoms with Gasteiger partial charge >= 0.3 is 0 Å². The average Bonchev–Trinajstić information content (AvgIpc) is 2.66. The molecule has 2 aromatic carbocycles. The molecule has 0 aliphatic carbocycles. The van der Waals surface area contributed by atoms with E-state index in [1.54, 1.807) is 24.3 Å². The van der Waals surface area contributed by atoms with Crippen molar-refractivity contribution in [3.8, 4) is 11.5 Å². The largest absolute Gasteiger partial charge is 0.486 e. The highest BCUT2D eigenvalue weighted by Gasteiger charge is 2.21. The first-order chi connectivity index (χ1) is 13.7. The normalized spacial score (nSPS) is 13.1. The van der Waals surface area contributed by atoms with Gasteiger partial charge in [0.05, 0.1) is 17.0 Å². The second-order valence-corrected chi connectivity index (χ2v) is 9.19. The summed E-state index contributed by atoms with van der Waals surface area (Å²) in [6.45, 7) is 1.04. The molecule has 1 heterocycles. The molecule has 1 amide bonds. The zero-order chi connectivity index (χ0) is 21.0. The van der Waals surface area contributed by atoms with Gasteiger partial charge in [-0.3, -0.25) is 9.10 Å². The highest BCUT2D eigenvalue weighted by Crippen LogP contribution is 2.33. The van der Waals surface area contributed by atoms with Gasteiger partial charge in [-0.05, 0) is 36.8 Å². The lowest BCUT2D eigenvalue weighted by Gasteiger charge is -2.23. The van der Waals surface area contributed by atoms with E-state index in [2.05, 4.69) is 5.32 Å². The van der Waals surface area contributed by atoms with Gasteiger partial charge in [-0.2, -0.15) is 0 Å². The number of anilines is 2. The van der Waals surface area contributed by atoms with Crippen molar-refractivity contribution in [2.24, 2.45) is 0 Å². The third-order valence-electron chi connectivity index (χ3n) is 4.17. The van der Waals surface area contributed by atoms with E-state index < -0.39 is 10.0 Å². The summed E-state index contributed by atoms with van der Waals surface area (Å²) in [6.07, 6.45) is 1.50. The van der Waals surface area contributed by atoms with Crippen molar-refractivity contribution in [1.82, 2.24) is 0 Å². The van der Waals surface area contributed by atoms with E-state index in [-0.39, 0.29) is 29.6 Å². The lowest BCUT2D eigenvalue weighted by molar-refractivity contribution is -0.116. The summed E-state index contributed by atoms with van der Waals surface area (Å²) in [6, 6.07) is 9.75. The van der Waals surface area contributed by atoms with Gasteiger partial charge in [-0.15, -0.1) is 0 Å². The number of carbonyl (C=O) groups is 1. The number of ether oxygens (including phenoxy) is 2. The molecule has 0 saturated carbocycles. The standard InChI is InChI=1S/C19H20Cl2N2O5S/c1-29(25,26)23(16-11-13(20)4-6-15(16)21)8-2-3-19(24)22-14-5-7-17-18(12-14)28-10-9-27-17/h4-7,11-12H,2-3,8-10H2,1H3,(H,22,24). The number of nitrogens with zero attached hydrogens (tertiary/aromatic N) is 1. The third-order valence-corrected chi connectivity index (χ3v) is 5.90. The first-order valence-corrected chi connectivity index (χ1v) is 11.5. The Morgan fingerprint density at radius 2 is 1.83 bits per heavy atom. The molecule has 2 aromatic rings. The quantitative estimate of drug-likeness (QED) is 0.678.